The van der Waals surface area contributed by atoms with E-state index in [4.69, 9.17) is 4.74 Å². The third kappa shape index (κ3) is 3.51. The summed E-state index contributed by atoms with van der Waals surface area (Å²) in [6.45, 7) is -0.121. The van der Waals surface area contributed by atoms with Crippen LogP contribution in [0.5, 0.6) is 0 Å². The van der Waals surface area contributed by atoms with Crippen LogP contribution in [0.25, 0.3) is 11.0 Å². The molecule has 0 aliphatic rings. The first-order valence-corrected chi connectivity index (χ1v) is 7.56. The van der Waals surface area contributed by atoms with Gasteiger partial charge in [-0.2, -0.15) is 0 Å². The Morgan fingerprint density at radius 1 is 1.39 bits per heavy atom. The molecule has 7 heteroatoms. The number of benzene rings is 1. The van der Waals surface area contributed by atoms with E-state index in [1.807, 2.05) is 0 Å². The molecule has 0 bridgehead atoms. The molecule has 3 aromatic rings. The van der Waals surface area contributed by atoms with Gasteiger partial charge in [-0.3, -0.25) is 9.20 Å². The van der Waals surface area contributed by atoms with Gasteiger partial charge < -0.3 is 4.74 Å². The van der Waals surface area contributed by atoms with Crippen molar-refractivity contribution in [2.24, 2.45) is 0 Å². The molecule has 116 valence electrons. The summed E-state index contributed by atoms with van der Waals surface area (Å²) in [5.74, 6) is -1.06. The Morgan fingerprint density at radius 2 is 2.22 bits per heavy atom. The van der Waals surface area contributed by atoms with Gasteiger partial charge >= 0.3 is 5.97 Å². The summed E-state index contributed by atoms with van der Waals surface area (Å²) in [5, 5.41) is 1.75. The average Bonchev–Trinajstić information content (AvgIpc) is 3.01. The lowest BCUT2D eigenvalue weighted by atomic mass is 10.2. The average molecular weight is 330 g/mol. The largest absolute Gasteiger partial charge is 0.456 e. The van der Waals surface area contributed by atoms with E-state index >= 15 is 0 Å². The molecule has 0 aliphatic carbocycles. The van der Waals surface area contributed by atoms with Crippen molar-refractivity contribution in [2.75, 3.05) is 0 Å². The zero-order valence-corrected chi connectivity index (χ0v) is 12.6. The SMILES string of the molecule is O=C(/C=C/c1ccccc1F)OCc1cc(=O)n2ccsc2n1. The monoisotopic (exact) mass is 330 g/mol. The first kappa shape index (κ1) is 15.1. The zero-order chi connectivity index (χ0) is 16.2. The molecule has 0 saturated carbocycles. The molecule has 0 spiro atoms. The van der Waals surface area contributed by atoms with Crippen molar-refractivity contribution in [1.29, 1.82) is 0 Å². The summed E-state index contributed by atoms with van der Waals surface area (Å²) >= 11 is 1.31. The Kier molecular flexibility index (Phi) is 4.29. The summed E-state index contributed by atoms with van der Waals surface area (Å²) in [6.07, 6.45) is 4.10. The van der Waals surface area contributed by atoms with Crippen LogP contribution in [0, 0.1) is 5.82 Å². The fourth-order valence-corrected chi connectivity index (χ4v) is 2.66. The van der Waals surface area contributed by atoms with Crippen molar-refractivity contribution in [2.45, 2.75) is 6.61 Å². The first-order valence-electron chi connectivity index (χ1n) is 6.68. The fourth-order valence-electron chi connectivity index (χ4n) is 1.92. The Bertz CT molecular complexity index is 946. The molecular formula is C16H11FN2O3S. The molecule has 0 N–H and O–H groups in total. The van der Waals surface area contributed by atoms with Crippen LogP contribution in [-0.2, 0) is 16.1 Å². The van der Waals surface area contributed by atoms with E-state index in [0.717, 1.165) is 6.08 Å². The molecule has 0 unspecified atom stereocenters. The molecule has 3 rings (SSSR count). The van der Waals surface area contributed by atoms with Gasteiger partial charge in [-0.1, -0.05) is 18.2 Å². The molecule has 0 radical (unpaired) electrons. The van der Waals surface area contributed by atoms with E-state index in [9.17, 15) is 14.0 Å². The molecule has 2 heterocycles. The minimum atomic E-state index is -0.638. The van der Waals surface area contributed by atoms with Gasteiger partial charge in [-0.25, -0.2) is 14.2 Å². The van der Waals surface area contributed by atoms with Crippen LogP contribution in [0.2, 0.25) is 0 Å². The second-order valence-corrected chi connectivity index (χ2v) is 5.48. The van der Waals surface area contributed by atoms with Gasteiger partial charge in [0.15, 0.2) is 4.96 Å². The predicted molar refractivity (Wildman–Crippen MR) is 84.6 cm³/mol. The lowest BCUT2D eigenvalue weighted by Crippen LogP contribution is -2.14. The minimum Gasteiger partial charge on any atom is -0.456 e. The van der Waals surface area contributed by atoms with Crippen LogP contribution in [0.4, 0.5) is 4.39 Å². The Hall–Kier alpha value is -2.80. The highest BCUT2D eigenvalue weighted by atomic mass is 32.1. The lowest BCUT2D eigenvalue weighted by Gasteiger charge is -2.02. The van der Waals surface area contributed by atoms with Crippen LogP contribution < -0.4 is 5.56 Å². The maximum atomic E-state index is 13.4. The maximum Gasteiger partial charge on any atom is 0.331 e. The number of rotatable bonds is 4. The molecule has 0 amide bonds. The van der Waals surface area contributed by atoms with E-state index in [-0.39, 0.29) is 12.2 Å². The smallest absolute Gasteiger partial charge is 0.331 e. The number of carbonyl (C=O) groups excluding carboxylic acids is 1. The van der Waals surface area contributed by atoms with Gasteiger partial charge in [0.05, 0.1) is 5.69 Å². The van der Waals surface area contributed by atoms with Gasteiger partial charge in [0.1, 0.15) is 12.4 Å². The molecule has 0 fully saturated rings. The summed E-state index contributed by atoms with van der Waals surface area (Å²) in [6, 6.07) is 7.40. The Balaban J connectivity index is 1.66. The molecule has 0 saturated heterocycles. The number of fused-ring (bicyclic) bond motifs is 1. The molecule has 0 aliphatic heterocycles. The van der Waals surface area contributed by atoms with Crippen molar-refractivity contribution >= 4 is 28.3 Å². The predicted octanol–water partition coefficient (Wildman–Crippen LogP) is 2.65. The highest BCUT2D eigenvalue weighted by molar-refractivity contribution is 7.15. The van der Waals surface area contributed by atoms with E-state index in [0.29, 0.717) is 16.2 Å². The summed E-state index contributed by atoms with van der Waals surface area (Å²) in [5.41, 5.74) is 0.426. The number of thiazole rings is 1. The van der Waals surface area contributed by atoms with Crippen molar-refractivity contribution in [3.8, 4) is 0 Å². The summed E-state index contributed by atoms with van der Waals surface area (Å²) in [4.78, 5) is 28.2. The van der Waals surface area contributed by atoms with Crippen molar-refractivity contribution < 1.29 is 13.9 Å². The summed E-state index contributed by atoms with van der Waals surface area (Å²) in [7, 11) is 0. The number of esters is 1. The van der Waals surface area contributed by atoms with Crippen molar-refractivity contribution in [1.82, 2.24) is 9.38 Å². The number of nitrogens with zero attached hydrogens (tertiary/aromatic N) is 2. The zero-order valence-electron chi connectivity index (χ0n) is 11.8. The van der Waals surface area contributed by atoms with E-state index in [1.165, 1.54) is 33.9 Å². The second kappa shape index (κ2) is 6.53. The highest BCUT2D eigenvalue weighted by Crippen LogP contribution is 2.09. The number of ether oxygens (including phenoxy) is 1. The van der Waals surface area contributed by atoms with Crippen molar-refractivity contribution in [3.63, 3.8) is 0 Å². The van der Waals surface area contributed by atoms with Crippen LogP contribution in [0.3, 0.4) is 0 Å². The van der Waals surface area contributed by atoms with Crippen LogP contribution in [0.1, 0.15) is 11.3 Å². The Morgan fingerprint density at radius 3 is 3.04 bits per heavy atom. The van der Waals surface area contributed by atoms with E-state index < -0.39 is 11.8 Å². The second-order valence-electron chi connectivity index (χ2n) is 4.60. The van der Waals surface area contributed by atoms with E-state index in [1.54, 1.807) is 29.8 Å². The van der Waals surface area contributed by atoms with Crippen molar-refractivity contribution in [3.05, 3.63) is 75.4 Å². The van der Waals surface area contributed by atoms with Gasteiger partial charge in [0.25, 0.3) is 5.56 Å². The van der Waals surface area contributed by atoms with Gasteiger partial charge in [0.2, 0.25) is 0 Å². The summed E-state index contributed by atoms with van der Waals surface area (Å²) < 4.78 is 19.8. The normalized spacial score (nSPS) is 11.2. The highest BCUT2D eigenvalue weighted by Gasteiger charge is 2.06. The molecular weight excluding hydrogens is 319 g/mol. The third-order valence-corrected chi connectivity index (χ3v) is 3.78. The van der Waals surface area contributed by atoms with E-state index in [2.05, 4.69) is 4.98 Å². The standard InChI is InChI=1S/C16H11FN2O3S/c17-13-4-2-1-3-11(13)5-6-15(21)22-10-12-9-14(20)19-7-8-23-16(19)18-12/h1-9H,10H2/b6-5+. The van der Waals surface area contributed by atoms with Gasteiger partial charge in [-0.15, -0.1) is 11.3 Å². The number of aromatic nitrogens is 2. The first-order chi connectivity index (χ1) is 11.1. The minimum absolute atomic E-state index is 0.121. The Labute approximate surface area is 134 Å². The molecule has 2 aromatic heterocycles. The number of carbonyl (C=O) groups is 1. The number of halogens is 1. The van der Waals surface area contributed by atoms with Gasteiger partial charge in [0, 0.05) is 29.3 Å². The third-order valence-electron chi connectivity index (χ3n) is 3.02. The van der Waals surface area contributed by atoms with Gasteiger partial charge in [-0.05, 0) is 12.1 Å². The van der Waals surface area contributed by atoms with Crippen LogP contribution >= 0.6 is 11.3 Å². The molecule has 5 nitrogen and oxygen atoms in total. The molecule has 1 aromatic carbocycles. The molecule has 23 heavy (non-hydrogen) atoms. The van der Waals surface area contributed by atoms with Crippen LogP contribution in [-0.4, -0.2) is 15.4 Å². The number of hydrogen-bond donors (Lipinski definition) is 0. The number of hydrogen-bond acceptors (Lipinski definition) is 5. The molecule has 0 atom stereocenters. The van der Waals surface area contributed by atoms with Crippen LogP contribution in [0.15, 0.2) is 52.8 Å². The topological polar surface area (TPSA) is 60.7 Å². The maximum absolute atomic E-state index is 13.4. The lowest BCUT2D eigenvalue weighted by molar-refractivity contribution is -0.139. The fraction of sp³-hybridized carbons (Fsp3) is 0.0625. The quantitative estimate of drug-likeness (QED) is 0.545.